The molecule has 0 N–H and O–H groups in total. The highest BCUT2D eigenvalue weighted by atomic mass is 31.2. The zero-order valence-corrected chi connectivity index (χ0v) is 11.4. The Morgan fingerprint density at radius 3 is 2.06 bits per heavy atom. The van der Waals surface area contributed by atoms with Gasteiger partial charge in [-0.3, -0.25) is 0 Å². The third-order valence-corrected chi connectivity index (χ3v) is 4.34. The van der Waals surface area contributed by atoms with Crippen molar-refractivity contribution in [1.29, 1.82) is 0 Å². The Balaban J connectivity index is 2.51. The molecule has 0 saturated carbocycles. The molecular weight excluding hydrogens is 227 g/mol. The molecule has 0 atom stereocenters. The molecule has 0 bridgehead atoms. The molecule has 2 heteroatoms. The molecule has 2 aromatic rings. The van der Waals surface area contributed by atoms with Crippen LogP contribution in [0.5, 0.6) is 0 Å². The standard InChI is InChI=1S/C15H17OP/c1-12-6-4-7-13(10-12)14-8-5-9-15(11-14)17(2,3)16/h4-11H,1-3H3. The number of aryl methyl sites for hydroxylation is 1. The molecule has 0 fully saturated rings. The van der Waals surface area contributed by atoms with E-state index in [1.165, 1.54) is 11.1 Å². The number of hydrogen-bond donors (Lipinski definition) is 0. The summed E-state index contributed by atoms with van der Waals surface area (Å²) in [5.74, 6) is 0. The van der Waals surface area contributed by atoms with E-state index in [4.69, 9.17) is 0 Å². The minimum absolute atomic E-state index is 0.941. The predicted octanol–water partition coefficient (Wildman–Crippen LogP) is 3.91. The van der Waals surface area contributed by atoms with Crippen LogP contribution in [0.4, 0.5) is 0 Å². The zero-order chi connectivity index (χ0) is 12.5. The van der Waals surface area contributed by atoms with Gasteiger partial charge in [-0.25, -0.2) is 0 Å². The van der Waals surface area contributed by atoms with Gasteiger partial charge in [-0.1, -0.05) is 48.0 Å². The van der Waals surface area contributed by atoms with Gasteiger partial charge in [0, 0.05) is 5.30 Å². The second kappa shape index (κ2) is 4.50. The second-order valence-corrected chi connectivity index (χ2v) is 7.99. The average Bonchev–Trinajstić information content (AvgIpc) is 2.28. The van der Waals surface area contributed by atoms with E-state index in [0.717, 1.165) is 10.9 Å². The van der Waals surface area contributed by atoms with E-state index in [2.05, 4.69) is 37.3 Å². The molecule has 2 aromatic carbocycles. The largest absolute Gasteiger partial charge is 0.319 e. The summed E-state index contributed by atoms with van der Waals surface area (Å²) in [7, 11) is -2.18. The van der Waals surface area contributed by atoms with Crippen LogP contribution in [-0.2, 0) is 4.57 Å². The summed E-state index contributed by atoms with van der Waals surface area (Å²) in [4.78, 5) is 0. The highest BCUT2D eigenvalue weighted by Gasteiger charge is 2.11. The molecule has 2 rings (SSSR count). The topological polar surface area (TPSA) is 17.1 Å². The summed E-state index contributed by atoms with van der Waals surface area (Å²) in [6.07, 6.45) is 0. The Hall–Kier alpha value is -1.33. The molecule has 0 heterocycles. The molecule has 0 aliphatic rings. The Morgan fingerprint density at radius 2 is 1.47 bits per heavy atom. The minimum Gasteiger partial charge on any atom is -0.319 e. The Labute approximate surface area is 103 Å². The molecule has 0 amide bonds. The highest BCUT2D eigenvalue weighted by Crippen LogP contribution is 2.35. The van der Waals surface area contributed by atoms with Crippen LogP contribution in [-0.4, -0.2) is 13.3 Å². The van der Waals surface area contributed by atoms with Gasteiger partial charge in [0.1, 0.15) is 7.14 Å². The van der Waals surface area contributed by atoms with Gasteiger partial charge in [0.2, 0.25) is 0 Å². The van der Waals surface area contributed by atoms with Crippen LogP contribution in [0.1, 0.15) is 5.56 Å². The van der Waals surface area contributed by atoms with Crippen LogP contribution >= 0.6 is 7.14 Å². The van der Waals surface area contributed by atoms with Crippen LogP contribution in [0.25, 0.3) is 11.1 Å². The Kier molecular flexibility index (Phi) is 3.22. The minimum atomic E-state index is -2.18. The summed E-state index contributed by atoms with van der Waals surface area (Å²) in [5.41, 5.74) is 3.56. The van der Waals surface area contributed by atoms with E-state index in [1.54, 1.807) is 0 Å². The van der Waals surface area contributed by atoms with Gasteiger partial charge in [0.25, 0.3) is 0 Å². The van der Waals surface area contributed by atoms with E-state index in [9.17, 15) is 4.57 Å². The fraction of sp³-hybridized carbons (Fsp3) is 0.200. The molecule has 0 aliphatic heterocycles. The maximum absolute atomic E-state index is 12.1. The van der Waals surface area contributed by atoms with Gasteiger partial charge in [0.15, 0.2) is 0 Å². The maximum atomic E-state index is 12.1. The van der Waals surface area contributed by atoms with Crippen molar-refractivity contribution in [2.75, 3.05) is 13.3 Å². The molecule has 0 aliphatic carbocycles. The zero-order valence-electron chi connectivity index (χ0n) is 10.5. The van der Waals surface area contributed by atoms with E-state index in [-0.39, 0.29) is 0 Å². The van der Waals surface area contributed by atoms with Gasteiger partial charge in [0.05, 0.1) is 0 Å². The lowest BCUT2D eigenvalue weighted by Gasteiger charge is -2.09. The summed E-state index contributed by atoms with van der Waals surface area (Å²) >= 11 is 0. The first-order chi connectivity index (χ1) is 7.97. The molecule has 0 saturated heterocycles. The van der Waals surface area contributed by atoms with E-state index in [1.807, 2.05) is 31.5 Å². The highest BCUT2D eigenvalue weighted by molar-refractivity contribution is 7.70. The van der Waals surface area contributed by atoms with Crippen molar-refractivity contribution in [3.05, 3.63) is 54.1 Å². The van der Waals surface area contributed by atoms with Gasteiger partial charge >= 0.3 is 0 Å². The Morgan fingerprint density at radius 1 is 0.882 bits per heavy atom. The monoisotopic (exact) mass is 244 g/mol. The third-order valence-electron chi connectivity index (χ3n) is 2.82. The molecule has 88 valence electrons. The normalized spacial score (nSPS) is 11.5. The third kappa shape index (κ3) is 2.87. The average molecular weight is 244 g/mol. The second-order valence-electron chi connectivity index (χ2n) is 4.77. The molecule has 1 nitrogen and oxygen atoms in total. The fourth-order valence-electron chi connectivity index (χ4n) is 1.85. The van der Waals surface area contributed by atoms with Crippen molar-refractivity contribution in [2.45, 2.75) is 6.92 Å². The van der Waals surface area contributed by atoms with E-state index >= 15 is 0 Å². The smallest absolute Gasteiger partial charge is 0.109 e. The predicted molar refractivity (Wildman–Crippen MR) is 75.7 cm³/mol. The summed E-state index contributed by atoms with van der Waals surface area (Å²) in [5, 5.41) is 0.941. The lowest BCUT2D eigenvalue weighted by molar-refractivity contribution is 0.588. The summed E-state index contributed by atoms with van der Waals surface area (Å²) < 4.78 is 12.1. The van der Waals surface area contributed by atoms with Gasteiger partial charge in [-0.15, -0.1) is 0 Å². The van der Waals surface area contributed by atoms with Gasteiger partial charge < -0.3 is 4.57 Å². The lowest BCUT2D eigenvalue weighted by Crippen LogP contribution is -2.02. The van der Waals surface area contributed by atoms with Crippen molar-refractivity contribution in [2.24, 2.45) is 0 Å². The van der Waals surface area contributed by atoms with Crippen molar-refractivity contribution in [3.8, 4) is 11.1 Å². The van der Waals surface area contributed by atoms with Crippen LogP contribution in [0.2, 0.25) is 0 Å². The van der Waals surface area contributed by atoms with Crippen molar-refractivity contribution >= 4 is 12.4 Å². The molecule has 0 unspecified atom stereocenters. The molecule has 17 heavy (non-hydrogen) atoms. The molecular formula is C15H17OP. The van der Waals surface area contributed by atoms with Gasteiger partial charge in [-0.05, 0) is 37.4 Å². The van der Waals surface area contributed by atoms with Crippen LogP contribution in [0.15, 0.2) is 48.5 Å². The van der Waals surface area contributed by atoms with E-state index < -0.39 is 7.14 Å². The Bertz CT molecular complexity index is 581. The first kappa shape index (κ1) is 12.1. The van der Waals surface area contributed by atoms with E-state index in [0.29, 0.717) is 0 Å². The quantitative estimate of drug-likeness (QED) is 0.732. The van der Waals surface area contributed by atoms with Crippen LogP contribution < -0.4 is 5.30 Å². The fourth-order valence-corrected chi connectivity index (χ4v) is 2.74. The van der Waals surface area contributed by atoms with Crippen LogP contribution in [0.3, 0.4) is 0 Å². The van der Waals surface area contributed by atoms with Crippen LogP contribution in [0, 0.1) is 6.92 Å². The first-order valence-corrected chi connectivity index (χ1v) is 8.29. The molecule has 0 radical (unpaired) electrons. The van der Waals surface area contributed by atoms with Crippen molar-refractivity contribution in [3.63, 3.8) is 0 Å². The summed E-state index contributed by atoms with van der Waals surface area (Å²) in [6.45, 7) is 5.70. The van der Waals surface area contributed by atoms with Crippen molar-refractivity contribution < 1.29 is 4.57 Å². The van der Waals surface area contributed by atoms with Crippen molar-refractivity contribution in [1.82, 2.24) is 0 Å². The maximum Gasteiger partial charge on any atom is 0.109 e. The number of hydrogen-bond acceptors (Lipinski definition) is 1. The number of rotatable bonds is 2. The first-order valence-electron chi connectivity index (χ1n) is 5.69. The van der Waals surface area contributed by atoms with Gasteiger partial charge in [-0.2, -0.15) is 0 Å². The molecule has 0 aromatic heterocycles. The number of benzene rings is 2. The summed E-state index contributed by atoms with van der Waals surface area (Å²) in [6, 6.07) is 16.4. The SMILES string of the molecule is Cc1cccc(-c2cccc(P(C)(C)=O)c2)c1. The lowest BCUT2D eigenvalue weighted by atomic mass is 10.0. The molecule has 0 spiro atoms.